The van der Waals surface area contributed by atoms with Crippen LogP contribution in [0, 0.1) is 0 Å². The third-order valence-electron chi connectivity index (χ3n) is 4.19. The molecule has 1 aromatic carbocycles. The van der Waals surface area contributed by atoms with Gasteiger partial charge in [0.15, 0.2) is 18.3 Å². The zero-order valence-corrected chi connectivity index (χ0v) is 14.9. The van der Waals surface area contributed by atoms with E-state index in [1.165, 1.54) is 12.7 Å². The van der Waals surface area contributed by atoms with Crippen molar-refractivity contribution < 1.29 is 13.9 Å². The topological polar surface area (TPSA) is 95.9 Å². The first kappa shape index (κ1) is 16.9. The summed E-state index contributed by atoms with van der Waals surface area (Å²) >= 11 is 0. The third-order valence-corrected chi connectivity index (χ3v) is 4.19. The van der Waals surface area contributed by atoms with Gasteiger partial charge in [-0.2, -0.15) is 5.10 Å². The molecule has 0 N–H and O–H groups in total. The molecule has 4 aromatic rings. The van der Waals surface area contributed by atoms with Crippen molar-refractivity contribution in [2.75, 3.05) is 0 Å². The molecule has 4 rings (SSSR count). The molecule has 0 fully saturated rings. The summed E-state index contributed by atoms with van der Waals surface area (Å²) in [7, 11) is 0. The highest BCUT2D eigenvalue weighted by Gasteiger charge is 2.16. The van der Waals surface area contributed by atoms with Gasteiger partial charge in [0.05, 0.1) is 11.4 Å². The molecule has 0 radical (unpaired) electrons. The van der Waals surface area contributed by atoms with Crippen LogP contribution in [0.15, 0.2) is 47.7 Å². The van der Waals surface area contributed by atoms with Crippen LogP contribution in [0.1, 0.15) is 35.8 Å². The lowest BCUT2D eigenvalue weighted by Gasteiger charge is -2.14. The van der Waals surface area contributed by atoms with Crippen molar-refractivity contribution in [2.24, 2.45) is 0 Å². The number of nitrogens with zero attached hydrogens (tertiary/aromatic N) is 5. The van der Waals surface area contributed by atoms with E-state index in [-0.39, 0.29) is 12.6 Å². The number of aldehydes is 1. The van der Waals surface area contributed by atoms with Crippen molar-refractivity contribution in [1.82, 2.24) is 24.7 Å². The molecule has 136 valence electrons. The maximum absolute atomic E-state index is 11.5. The first-order valence-electron chi connectivity index (χ1n) is 8.46. The van der Waals surface area contributed by atoms with Crippen LogP contribution >= 0.6 is 0 Å². The third kappa shape index (κ3) is 3.05. The van der Waals surface area contributed by atoms with E-state index in [4.69, 9.17) is 9.15 Å². The van der Waals surface area contributed by atoms with Gasteiger partial charge >= 0.3 is 0 Å². The monoisotopic (exact) mass is 363 g/mol. The summed E-state index contributed by atoms with van der Waals surface area (Å²) in [4.78, 5) is 24.1. The number of rotatable bonds is 6. The molecular formula is C19H17N5O3. The summed E-state index contributed by atoms with van der Waals surface area (Å²) in [6, 6.07) is 5.55. The van der Waals surface area contributed by atoms with Crippen LogP contribution in [0.3, 0.4) is 0 Å². The van der Waals surface area contributed by atoms with Gasteiger partial charge in [0.25, 0.3) is 0 Å². The van der Waals surface area contributed by atoms with Crippen molar-refractivity contribution in [3.8, 4) is 17.1 Å². The molecule has 0 aliphatic heterocycles. The Labute approximate surface area is 154 Å². The Morgan fingerprint density at radius 1 is 1.26 bits per heavy atom. The Kier molecular flexibility index (Phi) is 4.37. The highest BCUT2D eigenvalue weighted by atomic mass is 16.5. The average Bonchev–Trinajstić information content (AvgIpc) is 3.35. The summed E-state index contributed by atoms with van der Waals surface area (Å²) in [5.41, 5.74) is 3.75. The minimum Gasteiger partial charge on any atom is -0.488 e. The van der Waals surface area contributed by atoms with E-state index in [9.17, 15) is 4.79 Å². The molecule has 0 amide bonds. The predicted molar refractivity (Wildman–Crippen MR) is 97.4 cm³/mol. The van der Waals surface area contributed by atoms with Gasteiger partial charge in [0, 0.05) is 24.0 Å². The van der Waals surface area contributed by atoms with Crippen molar-refractivity contribution in [3.63, 3.8) is 0 Å². The van der Waals surface area contributed by atoms with Crippen LogP contribution in [-0.2, 0) is 6.61 Å². The second-order valence-corrected chi connectivity index (χ2v) is 6.24. The molecule has 3 aromatic heterocycles. The molecule has 8 heteroatoms. The maximum atomic E-state index is 11.5. The van der Waals surface area contributed by atoms with E-state index in [1.807, 2.05) is 10.7 Å². The fourth-order valence-corrected chi connectivity index (χ4v) is 2.93. The molecule has 0 atom stereocenters. The Morgan fingerprint density at radius 3 is 2.96 bits per heavy atom. The maximum Gasteiger partial charge on any atom is 0.182 e. The Morgan fingerprint density at radius 2 is 2.15 bits per heavy atom. The standard InChI is InChI=1S/C19H17N5O3/c1-12(2)24-16(5-6-23-24)18-13(7-20-10-21-18)9-26-17-4-3-15-19(14(17)8-25)27-11-22-15/h3-8,10-12H,9H2,1-2H3. The number of fused-ring (bicyclic) bond motifs is 1. The van der Waals surface area contributed by atoms with E-state index in [0.717, 1.165) is 17.0 Å². The molecule has 0 aliphatic carbocycles. The average molecular weight is 363 g/mol. The van der Waals surface area contributed by atoms with Gasteiger partial charge in [-0.15, -0.1) is 0 Å². The number of benzene rings is 1. The van der Waals surface area contributed by atoms with E-state index in [1.54, 1.807) is 24.5 Å². The minimum atomic E-state index is 0.189. The highest BCUT2D eigenvalue weighted by molar-refractivity contribution is 5.96. The Balaban J connectivity index is 1.67. The largest absolute Gasteiger partial charge is 0.488 e. The van der Waals surface area contributed by atoms with Gasteiger partial charge in [0.2, 0.25) is 0 Å². The Hall–Kier alpha value is -3.55. The van der Waals surface area contributed by atoms with Crippen molar-refractivity contribution in [3.05, 3.63) is 54.4 Å². The van der Waals surface area contributed by atoms with Crippen LogP contribution in [0.2, 0.25) is 0 Å². The Bertz CT molecular complexity index is 1100. The molecule has 27 heavy (non-hydrogen) atoms. The van der Waals surface area contributed by atoms with Crippen molar-refractivity contribution >= 4 is 17.4 Å². The first-order chi connectivity index (χ1) is 13.2. The zero-order chi connectivity index (χ0) is 18.8. The number of carbonyl (C=O) groups is 1. The summed E-state index contributed by atoms with van der Waals surface area (Å²) in [6.07, 6.45) is 6.95. The molecule has 0 unspecified atom stereocenters. The summed E-state index contributed by atoms with van der Waals surface area (Å²) in [5, 5.41) is 4.36. The lowest BCUT2D eigenvalue weighted by atomic mass is 10.1. The molecule has 3 heterocycles. The van der Waals surface area contributed by atoms with E-state index in [2.05, 4.69) is 33.9 Å². The number of hydrogen-bond donors (Lipinski definition) is 0. The smallest absolute Gasteiger partial charge is 0.182 e. The van der Waals surface area contributed by atoms with E-state index >= 15 is 0 Å². The molecule has 0 bridgehead atoms. The lowest BCUT2D eigenvalue weighted by molar-refractivity contribution is 0.111. The number of aromatic nitrogens is 5. The zero-order valence-electron chi connectivity index (χ0n) is 14.9. The second-order valence-electron chi connectivity index (χ2n) is 6.24. The van der Waals surface area contributed by atoms with Crippen LogP contribution in [0.5, 0.6) is 5.75 Å². The lowest BCUT2D eigenvalue weighted by Crippen LogP contribution is -2.08. The predicted octanol–water partition coefficient (Wildman–Crippen LogP) is 3.45. The number of hydrogen-bond acceptors (Lipinski definition) is 7. The quantitative estimate of drug-likeness (QED) is 0.484. The van der Waals surface area contributed by atoms with Crippen molar-refractivity contribution in [1.29, 1.82) is 0 Å². The summed E-state index contributed by atoms with van der Waals surface area (Å²) < 4.78 is 13.1. The van der Waals surface area contributed by atoms with Crippen LogP contribution < -0.4 is 4.74 Å². The summed E-state index contributed by atoms with van der Waals surface area (Å²) in [6.45, 7) is 4.30. The van der Waals surface area contributed by atoms with Gasteiger partial charge in [-0.1, -0.05) is 0 Å². The van der Waals surface area contributed by atoms with Gasteiger partial charge in [0.1, 0.15) is 29.8 Å². The van der Waals surface area contributed by atoms with Gasteiger partial charge in [-0.05, 0) is 32.0 Å². The molecule has 0 spiro atoms. The van der Waals surface area contributed by atoms with Gasteiger partial charge in [-0.3, -0.25) is 9.48 Å². The van der Waals surface area contributed by atoms with Crippen LogP contribution in [-0.4, -0.2) is 31.0 Å². The molecular weight excluding hydrogens is 346 g/mol. The van der Waals surface area contributed by atoms with E-state index < -0.39 is 0 Å². The molecule has 0 saturated carbocycles. The fraction of sp³-hybridized carbons (Fsp3) is 0.211. The highest BCUT2D eigenvalue weighted by Crippen LogP contribution is 2.28. The van der Waals surface area contributed by atoms with Crippen LogP contribution in [0.25, 0.3) is 22.5 Å². The molecule has 8 nitrogen and oxygen atoms in total. The second kappa shape index (κ2) is 6.99. The first-order valence-corrected chi connectivity index (χ1v) is 8.46. The number of oxazole rings is 1. The molecule has 0 saturated heterocycles. The SMILES string of the molecule is CC(C)n1nccc1-c1ncncc1COc1ccc2ncoc2c1C=O. The van der Waals surface area contributed by atoms with Gasteiger partial charge < -0.3 is 9.15 Å². The fourth-order valence-electron chi connectivity index (χ4n) is 2.93. The van der Waals surface area contributed by atoms with E-state index in [0.29, 0.717) is 28.7 Å². The normalized spacial score (nSPS) is 11.2. The number of carbonyl (C=O) groups excluding carboxylic acids is 1. The van der Waals surface area contributed by atoms with Crippen molar-refractivity contribution in [2.45, 2.75) is 26.5 Å². The van der Waals surface area contributed by atoms with Gasteiger partial charge in [-0.25, -0.2) is 15.0 Å². The summed E-state index contributed by atoms with van der Waals surface area (Å²) in [5.74, 6) is 0.418. The van der Waals surface area contributed by atoms with Crippen LogP contribution in [0.4, 0.5) is 0 Å². The number of ether oxygens (including phenoxy) is 1. The molecule has 0 aliphatic rings. The minimum absolute atomic E-state index is 0.189.